The Kier molecular flexibility index (Phi) is 3.39. The zero-order valence-corrected chi connectivity index (χ0v) is 14.5. The van der Waals surface area contributed by atoms with E-state index in [1.54, 1.807) is 0 Å². The summed E-state index contributed by atoms with van der Waals surface area (Å²) in [5.74, 6) is 0.864. The van der Waals surface area contributed by atoms with Crippen molar-refractivity contribution in [3.8, 4) is 5.75 Å². The summed E-state index contributed by atoms with van der Waals surface area (Å²) in [6, 6.07) is 23.0. The molecule has 0 saturated carbocycles. The third-order valence-electron chi connectivity index (χ3n) is 4.96. The fourth-order valence-corrected chi connectivity index (χ4v) is 3.61. The molecule has 0 bridgehead atoms. The van der Waals surface area contributed by atoms with Gasteiger partial charge in [0.1, 0.15) is 12.4 Å². The molecule has 0 atom stereocenters. The summed E-state index contributed by atoms with van der Waals surface area (Å²) in [7, 11) is 0. The van der Waals surface area contributed by atoms with E-state index >= 15 is 0 Å². The Labute approximate surface area is 151 Å². The van der Waals surface area contributed by atoms with E-state index in [1.807, 2.05) is 19.2 Å². The largest absolute Gasteiger partial charge is 0.489 e. The number of aromatic amines is 1. The molecule has 5 rings (SSSR count). The van der Waals surface area contributed by atoms with Gasteiger partial charge >= 0.3 is 0 Å². The zero-order valence-electron chi connectivity index (χ0n) is 14.5. The van der Waals surface area contributed by atoms with Crippen molar-refractivity contribution in [3.63, 3.8) is 0 Å². The summed E-state index contributed by atoms with van der Waals surface area (Å²) in [6.07, 6.45) is 1.86. The molecule has 0 amide bonds. The second kappa shape index (κ2) is 5.88. The van der Waals surface area contributed by atoms with Gasteiger partial charge in [0.15, 0.2) is 0 Å². The van der Waals surface area contributed by atoms with Crippen LogP contribution in [0.5, 0.6) is 5.75 Å². The Bertz CT molecular complexity index is 1250. The molecule has 3 nitrogen and oxygen atoms in total. The minimum Gasteiger partial charge on any atom is -0.489 e. The highest BCUT2D eigenvalue weighted by Gasteiger charge is 2.08. The van der Waals surface area contributed by atoms with Crippen molar-refractivity contribution in [3.05, 3.63) is 84.2 Å². The van der Waals surface area contributed by atoms with E-state index in [4.69, 9.17) is 4.74 Å². The summed E-state index contributed by atoms with van der Waals surface area (Å²) in [5.41, 5.74) is 4.37. The average Bonchev–Trinajstić information content (AvgIpc) is 3.06. The van der Waals surface area contributed by atoms with Crippen molar-refractivity contribution < 1.29 is 4.74 Å². The number of H-pyrrole nitrogens is 1. The Morgan fingerprint density at radius 3 is 2.73 bits per heavy atom. The smallest absolute Gasteiger partial charge is 0.121 e. The van der Waals surface area contributed by atoms with Crippen LogP contribution in [0, 0.1) is 6.92 Å². The summed E-state index contributed by atoms with van der Waals surface area (Å²) >= 11 is 0. The Hall–Kier alpha value is -3.33. The summed E-state index contributed by atoms with van der Waals surface area (Å²) in [4.78, 5) is 7.84. The van der Waals surface area contributed by atoms with Crippen LogP contribution in [0.3, 0.4) is 0 Å². The first-order chi connectivity index (χ1) is 12.8. The van der Waals surface area contributed by atoms with Crippen LogP contribution < -0.4 is 4.74 Å². The number of hydrogen-bond donors (Lipinski definition) is 1. The highest BCUT2D eigenvalue weighted by atomic mass is 16.5. The van der Waals surface area contributed by atoms with Crippen molar-refractivity contribution in [1.29, 1.82) is 0 Å². The van der Waals surface area contributed by atoms with E-state index in [9.17, 15) is 0 Å². The molecule has 0 saturated heterocycles. The molecule has 2 aromatic heterocycles. The fraction of sp³-hybridized carbons (Fsp3) is 0.0870. The van der Waals surface area contributed by atoms with Gasteiger partial charge in [0.25, 0.3) is 0 Å². The number of pyridine rings is 1. The molecule has 0 radical (unpaired) electrons. The van der Waals surface area contributed by atoms with Crippen LogP contribution >= 0.6 is 0 Å². The minimum absolute atomic E-state index is 0.549. The SMILES string of the molecule is Cc1nccc2c1[nH]c1cc(OCc3cccc4ccccc34)ccc12. The molecule has 26 heavy (non-hydrogen) atoms. The monoisotopic (exact) mass is 338 g/mol. The topological polar surface area (TPSA) is 37.9 Å². The number of ether oxygens (including phenoxy) is 1. The van der Waals surface area contributed by atoms with Gasteiger partial charge in [-0.2, -0.15) is 0 Å². The lowest BCUT2D eigenvalue weighted by atomic mass is 10.1. The molecular weight excluding hydrogens is 320 g/mol. The molecule has 0 spiro atoms. The third kappa shape index (κ3) is 2.40. The molecule has 1 N–H and O–H groups in total. The summed E-state index contributed by atoms with van der Waals surface area (Å²) in [5, 5.41) is 4.88. The molecule has 5 aromatic rings. The molecule has 0 unspecified atom stereocenters. The maximum Gasteiger partial charge on any atom is 0.121 e. The number of nitrogens with zero attached hydrogens (tertiary/aromatic N) is 1. The minimum atomic E-state index is 0.549. The lowest BCUT2D eigenvalue weighted by Crippen LogP contribution is -1.96. The van der Waals surface area contributed by atoms with Gasteiger partial charge in [-0.15, -0.1) is 0 Å². The summed E-state index contributed by atoms with van der Waals surface area (Å²) < 4.78 is 6.10. The van der Waals surface area contributed by atoms with Gasteiger partial charge in [-0.25, -0.2) is 0 Å². The molecule has 3 heteroatoms. The number of rotatable bonds is 3. The lowest BCUT2D eigenvalue weighted by Gasteiger charge is -2.09. The van der Waals surface area contributed by atoms with Gasteiger partial charge in [0.05, 0.1) is 16.7 Å². The van der Waals surface area contributed by atoms with Gasteiger partial charge in [-0.05, 0) is 41.5 Å². The standard InChI is InChI=1S/C23H18N2O/c1-15-23-21(11-12-24-15)20-10-9-18(13-22(20)25-23)26-14-17-7-4-6-16-5-2-3-8-19(16)17/h2-13,25H,14H2,1H3. The van der Waals surface area contributed by atoms with Crippen LogP contribution in [-0.4, -0.2) is 9.97 Å². The number of aryl methyl sites for hydroxylation is 1. The number of fused-ring (bicyclic) bond motifs is 4. The predicted molar refractivity (Wildman–Crippen MR) is 107 cm³/mol. The first-order valence-corrected chi connectivity index (χ1v) is 8.76. The highest BCUT2D eigenvalue weighted by molar-refractivity contribution is 6.08. The first kappa shape index (κ1) is 15.0. The Morgan fingerprint density at radius 1 is 0.885 bits per heavy atom. The molecule has 0 aliphatic carbocycles. The number of nitrogens with one attached hydrogen (secondary N) is 1. The lowest BCUT2D eigenvalue weighted by molar-refractivity contribution is 0.308. The van der Waals surface area contributed by atoms with Gasteiger partial charge in [-0.3, -0.25) is 4.98 Å². The summed E-state index contributed by atoms with van der Waals surface area (Å²) in [6.45, 7) is 2.57. The van der Waals surface area contributed by atoms with Crippen molar-refractivity contribution in [2.24, 2.45) is 0 Å². The normalized spacial score (nSPS) is 11.4. The molecule has 3 aromatic carbocycles. The van der Waals surface area contributed by atoms with E-state index < -0.39 is 0 Å². The Balaban J connectivity index is 1.49. The van der Waals surface area contributed by atoms with Crippen LogP contribution in [0.25, 0.3) is 32.6 Å². The van der Waals surface area contributed by atoms with Crippen LogP contribution in [0.2, 0.25) is 0 Å². The van der Waals surface area contributed by atoms with Gasteiger partial charge in [0.2, 0.25) is 0 Å². The van der Waals surface area contributed by atoms with E-state index in [1.165, 1.54) is 27.1 Å². The maximum atomic E-state index is 6.10. The van der Waals surface area contributed by atoms with Gasteiger partial charge in [-0.1, -0.05) is 42.5 Å². The predicted octanol–water partition coefficient (Wildman–Crippen LogP) is 5.76. The molecule has 0 aliphatic heterocycles. The molecule has 0 fully saturated rings. The van der Waals surface area contributed by atoms with Crippen LogP contribution in [-0.2, 0) is 6.61 Å². The second-order valence-corrected chi connectivity index (χ2v) is 6.58. The van der Waals surface area contributed by atoms with E-state index in [-0.39, 0.29) is 0 Å². The van der Waals surface area contributed by atoms with Crippen molar-refractivity contribution in [2.45, 2.75) is 13.5 Å². The molecule has 2 heterocycles. The maximum absolute atomic E-state index is 6.10. The molecular formula is C23H18N2O. The van der Waals surface area contributed by atoms with Gasteiger partial charge in [0, 0.05) is 23.0 Å². The third-order valence-corrected chi connectivity index (χ3v) is 4.96. The first-order valence-electron chi connectivity index (χ1n) is 8.76. The molecule has 126 valence electrons. The molecule has 0 aliphatic rings. The second-order valence-electron chi connectivity index (χ2n) is 6.58. The van der Waals surface area contributed by atoms with Crippen molar-refractivity contribution in [1.82, 2.24) is 9.97 Å². The van der Waals surface area contributed by atoms with E-state index in [2.05, 4.69) is 70.6 Å². The number of hydrogen-bond acceptors (Lipinski definition) is 2. The van der Waals surface area contributed by atoms with Crippen LogP contribution in [0.15, 0.2) is 72.9 Å². The highest BCUT2D eigenvalue weighted by Crippen LogP contribution is 2.29. The van der Waals surface area contributed by atoms with Crippen molar-refractivity contribution in [2.75, 3.05) is 0 Å². The number of aromatic nitrogens is 2. The van der Waals surface area contributed by atoms with Crippen molar-refractivity contribution >= 4 is 32.6 Å². The van der Waals surface area contributed by atoms with E-state index in [0.29, 0.717) is 6.61 Å². The zero-order chi connectivity index (χ0) is 17.5. The fourth-order valence-electron chi connectivity index (χ4n) is 3.61. The van der Waals surface area contributed by atoms with Crippen LogP contribution in [0.4, 0.5) is 0 Å². The van der Waals surface area contributed by atoms with Crippen LogP contribution in [0.1, 0.15) is 11.3 Å². The van der Waals surface area contributed by atoms with Gasteiger partial charge < -0.3 is 9.72 Å². The number of benzene rings is 3. The van der Waals surface area contributed by atoms with E-state index in [0.717, 1.165) is 22.5 Å². The quantitative estimate of drug-likeness (QED) is 0.454. The Morgan fingerprint density at radius 2 is 1.77 bits per heavy atom. The average molecular weight is 338 g/mol.